The molecule has 2 aliphatic rings. The van der Waals surface area contributed by atoms with Crippen molar-refractivity contribution in [3.05, 3.63) is 15.6 Å². The van der Waals surface area contributed by atoms with Crippen molar-refractivity contribution in [3.8, 4) is 0 Å². The lowest BCUT2D eigenvalue weighted by atomic mass is 9.95. The maximum Gasteiger partial charge on any atom is 0.347 e. The van der Waals surface area contributed by atoms with E-state index in [1.807, 2.05) is 6.92 Å². The van der Waals surface area contributed by atoms with E-state index in [0.717, 1.165) is 49.2 Å². The molecular weight excluding hydrogens is 286 g/mol. The molecule has 3 rings (SSSR count). The quantitative estimate of drug-likeness (QED) is 0.824. The van der Waals surface area contributed by atoms with Crippen molar-refractivity contribution >= 4 is 17.3 Å². The molecule has 1 aromatic rings. The van der Waals surface area contributed by atoms with Crippen molar-refractivity contribution in [3.63, 3.8) is 0 Å². The first-order valence-corrected chi connectivity index (χ1v) is 8.86. The highest BCUT2D eigenvalue weighted by Crippen LogP contribution is 2.47. The molecule has 116 valence electrons. The summed E-state index contributed by atoms with van der Waals surface area (Å²) in [5.74, 6) is -0.466. The summed E-state index contributed by atoms with van der Waals surface area (Å²) >= 11 is 1.35. The summed E-state index contributed by atoms with van der Waals surface area (Å²) in [5.41, 5.74) is 0.471. The summed E-state index contributed by atoms with van der Waals surface area (Å²) in [6.07, 6.45) is 8.84. The van der Waals surface area contributed by atoms with E-state index in [1.54, 1.807) is 0 Å². The second kappa shape index (κ2) is 6.05. The maximum atomic E-state index is 11.5. The first-order valence-electron chi connectivity index (χ1n) is 8.05. The summed E-state index contributed by atoms with van der Waals surface area (Å²) < 4.78 is 6.14. The van der Waals surface area contributed by atoms with Crippen molar-refractivity contribution in [2.75, 3.05) is 6.61 Å². The Hall–Kier alpha value is -0.940. The molecule has 2 fully saturated rings. The smallest absolute Gasteiger partial charge is 0.347 e. The number of thiazole rings is 1. The standard InChI is InChI=1S/C16H23NO3S/c1-2-20-16(9-5-3-4-6-10-16)15-17-12(11-7-8-11)13(21-15)14(18)19/h11H,2-10H2,1H3,(H,18,19). The first-order chi connectivity index (χ1) is 10.2. The number of rotatable bonds is 5. The van der Waals surface area contributed by atoms with Crippen LogP contribution < -0.4 is 0 Å². The van der Waals surface area contributed by atoms with Gasteiger partial charge >= 0.3 is 5.97 Å². The maximum absolute atomic E-state index is 11.5. The third-order valence-electron chi connectivity index (χ3n) is 4.53. The van der Waals surface area contributed by atoms with Gasteiger partial charge in [-0.1, -0.05) is 25.7 Å². The van der Waals surface area contributed by atoms with Gasteiger partial charge < -0.3 is 9.84 Å². The highest BCUT2D eigenvalue weighted by molar-refractivity contribution is 7.13. The third-order valence-corrected chi connectivity index (χ3v) is 5.78. The largest absolute Gasteiger partial charge is 0.477 e. The number of carbonyl (C=O) groups is 1. The van der Waals surface area contributed by atoms with Crippen molar-refractivity contribution in [2.24, 2.45) is 0 Å². The second-order valence-corrected chi connectivity index (χ2v) is 7.15. The predicted molar refractivity (Wildman–Crippen MR) is 82.1 cm³/mol. The summed E-state index contributed by atoms with van der Waals surface area (Å²) in [7, 11) is 0. The Labute approximate surface area is 129 Å². The number of hydrogen-bond acceptors (Lipinski definition) is 4. The van der Waals surface area contributed by atoms with Crippen LogP contribution in [0.2, 0.25) is 0 Å². The Bertz CT molecular complexity index is 514. The van der Waals surface area contributed by atoms with Gasteiger partial charge in [-0.15, -0.1) is 11.3 Å². The van der Waals surface area contributed by atoms with Gasteiger partial charge in [0, 0.05) is 12.5 Å². The minimum absolute atomic E-state index is 0.340. The van der Waals surface area contributed by atoms with Crippen LogP contribution in [0.4, 0.5) is 0 Å². The van der Waals surface area contributed by atoms with Gasteiger partial charge in [-0.05, 0) is 32.6 Å². The minimum atomic E-state index is -0.832. The Morgan fingerprint density at radius 2 is 2.00 bits per heavy atom. The van der Waals surface area contributed by atoms with Crippen LogP contribution >= 0.6 is 11.3 Å². The van der Waals surface area contributed by atoms with Crippen LogP contribution in [0, 0.1) is 0 Å². The third kappa shape index (κ3) is 2.99. The first kappa shape index (κ1) is 15.0. The lowest BCUT2D eigenvalue weighted by molar-refractivity contribution is -0.0560. The molecular formula is C16H23NO3S. The zero-order valence-electron chi connectivity index (χ0n) is 12.6. The monoisotopic (exact) mass is 309 g/mol. The Morgan fingerprint density at radius 1 is 1.33 bits per heavy atom. The molecule has 21 heavy (non-hydrogen) atoms. The zero-order chi connectivity index (χ0) is 14.9. The molecule has 1 heterocycles. The summed E-state index contributed by atoms with van der Waals surface area (Å²) in [6, 6.07) is 0. The van der Waals surface area contributed by atoms with Gasteiger partial charge in [0.2, 0.25) is 0 Å². The molecule has 2 saturated carbocycles. The predicted octanol–water partition coefficient (Wildman–Crippen LogP) is 4.30. The molecule has 0 aromatic carbocycles. The summed E-state index contributed by atoms with van der Waals surface area (Å²) in [5, 5.41) is 10.4. The molecule has 0 saturated heterocycles. The highest BCUT2D eigenvalue weighted by Gasteiger charge is 2.40. The SMILES string of the molecule is CCOC1(c2nc(C3CC3)c(C(=O)O)s2)CCCCCC1. The fourth-order valence-corrected chi connectivity index (χ4v) is 4.50. The van der Waals surface area contributed by atoms with Crippen LogP contribution in [-0.2, 0) is 10.3 Å². The molecule has 0 spiro atoms. The van der Waals surface area contributed by atoms with Gasteiger partial charge in [-0.3, -0.25) is 0 Å². The van der Waals surface area contributed by atoms with Crippen LogP contribution in [-0.4, -0.2) is 22.7 Å². The number of aromatic carboxylic acids is 1. The zero-order valence-corrected chi connectivity index (χ0v) is 13.4. The minimum Gasteiger partial charge on any atom is -0.477 e. The number of nitrogens with zero attached hydrogens (tertiary/aromatic N) is 1. The number of hydrogen-bond donors (Lipinski definition) is 1. The topological polar surface area (TPSA) is 59.4 Å². The van der Waals surface area contributed by atoms with Crippen LogP contribution in [0.15, 0.2) is 0 Å². The molecule has 0 aliphatic heterocycles. The Balaban J connectivity index is 1.98. The molecule has 0 amide bonds. The van der Waals surface area contributed by atoms with Crippen molar-refractivity contribution in [1.29, 1.82) is 0 Å². The lowest BCUT2D eigenvalue weighted by Crippen LogP contribution is -2.29. The molecule has 0 bridgehead atoms. The Kier molecular flexibility index (Phi) is 4.31. The molecule has 4 nitrogen and oxygen atoms in total. The van der Waals surface area contributed by atoms with Gasteiger partial charge in [-0.25, -0.2) is 9.78 Å². The molecule has 0 radical (unpaired) electrons. The van der Waals surface area contributed by atoms with Crippen molar-refractivity contribution in [2.45, 2.75) is 69.8 Å². The number of carboxylic acid groups (broad SMARTS) is 1. The molecule has 0 atom stereocenters. The van der Waals surface area contributed by atoms with E-state index < -0.39 is 5.97 Å². The Morgan fingerprint density at radius 3 is 2.52 bits per heavy atom. The second-order valence-electron chi connectivity index (χ2n) is 6.15. The van der Waals surface area contributed by atoms with E-state index in [1.165, 1.54) is 24.2 Å². The van der Waals surface area contributed by atoms with Gasteiger partial charge in [0.05, 0.1) is 5.69 Å². The van der Waals surface area contributed by atoms with E-state index >= 15 is 0 Å². The molecule has 5 heteroatoms. The molecule has 1 aromatic heterocycles. The van der Waals surface area contributed by atoms with E-state index in [4.69, 9.17) is 9.72 Å². The molecule has 1 N–H and O–H groups in total. The average molecular weight is 309 g/mol. The number of aromatic nitrogens is 1. The van der Waals surface area contributed by atoms with E-state index in [-0.39, 0.29) is 5.60 Å². The van der Waals surface area contributed by atoms with Crippen LogP contribution in [0.5, 0.6) is 0 Å². The van der Waals surface area contributed by atoms with Crippen molar-refractivity contribution < 1.29 is 14.6 Å². The number of ether oxygens (including phenoxy) is 1. The van der Waals surface area contributed by atoms with Gasteiger partial charge in [0.25, 0.3) is 0 Å². The van der Waals surface area contributed by atoms with Crippen molar-refractivity contribution in [1.82, 2.24) is 4.98 Å². The normalized spacial score (nSPS) is 22.0. The fraction of sp³-hybridized carbons (Fsp3) is 0.750. The van der Waals surface area contributed by atoms with Crippen LogP contribution in [0.1, 0.15) is 84.6 Å². The van der Waals surface area contributed by atoms with Crippen LogP contribution in [0.3, 0.4) is 0 Å². The van der Waals surface area contributed by atoms with E-state index in [9.17, 15) is 9.90 Å². The number of carboxylic acids is 1. The van der Waals surface area contributed by atoms with Gasteiger partial charge in [0.15, 0.2) is 0 Å². The lowest BCUT2D eigenvalue weighted by Gasteiger charge is -2.30. The average Bonchev–Trinajstić information content (AvgIpc) is 3.24. The summed E-state index contributed by atoms with van der Waals surface area (Å²) in [4.78, 5) is 16.7. The highest BCUT2D eigenvalue weighted by atomic mass is 32.1. The molecule has 2 aliphatic carbocycles. The summed E-state index contributed by atoms with van der Waals surface area (Å²) in [6.45, 7) is 2.67. The fourth-order valence-electron chi connectivity index (χ4n) is 3.31. The van der Waals surface area contributed by atoms with Crippen LogP contribution in [0.25, 0.3) is 0 Å². The van der Waals surface area contributed by atoms with E-state index in [0.29, 0.717) is 17.4 Å². The molecule has 0 unspecified atom stereocenters. The van der Waals surface area contributed by atoms with Gasteiger partial charge in [-0.2, -0.15) is 0 Å². The van der Waals surface area contributed by atoms with Gasteiger partial charge in [0.1, 0.15) is 15.5 Å². The van der Waals surface area contributed by atoms with E-state index in [2.05, 4.69) is 0 Å².